The van der Waals surface area contributed by atoms with Crippen molar-refractivity contribution in [1.29, 1.82) is 0 Å². The highest BCUT2D eigenvalue weighted by molar-refractivity contribution is 7.47. The zero-order valence-electron chi connectivity index (χ0n) is 30.7. The predicted molar refractivity (Wildman–Crippen MR) is 196 cm³/mol. The molecule has 10 nitrogen and oxygen atoms in total. The molecule has 0 heterocycles. The highest BCUT2D eigenvalue weighted by Crippen LogP contribution is 2.43. The van der Waals surface area contributed by atoms with Gasteiger partial charge in [-0.1, -0.05) is 127 Å². The zero-order chi connectivity index (χ0) is 36.3. The molecule has 0 rings (SSSR count). The Morgan fingerprint density at radius 1 is 0.551 bits per heavy atom. The molecule has 0 aromatic rings. The zero-order valence-corrected chi connectivity index (χ0v) is 31.5. The van der Waals surface area contributed by atoms with Crippen molar-refractivity contribution < 1.29 is 47.8 Å². The smallest absolute Gasteiger partial charge is 0.457 e. The second-order valence-corrected chi connectivity index (χ2v) is 14.0. The molecule has 0 spiro atoms. The average molecular weight is 717 g/mol. The van der Waals surface area contributed by atoms with Gasteiger partial charge >= 0.3 is 19.8 Å². The van der Waals surface area contributed by atoms with Crippen LogP contribution in [0, 0.1) is 0 Å². The van der Waals surface area contributed by atoms with Crippen molar-refractivity contribution in [3.05, 3.63) is 36.5 Å². The Hall–Kier alpha value is -1.81. The van der Waals surface area contributed by atoms with E-state index in [1.807, 2.05) is 0 Å². The van der Waals surface area contributed by atoms with Crippen LogP contribution >= 0.6 is 7.82 Å². The number of allylic oxidation sites excluding steroid dienone is 6. The van der Waals surface area contributed by atoms with Crippen LogP contribution in [0.3, 0.4) is 0 Å². The van der Waals surface area contributed by atoms with Crippen molar-refractivity contribution in [2.75, 3.05) is 26.4 Å². The summed E-state index contributed by atoms with van der Waals surface area (Å²) in [7, 11) is -4.62. The minimum Gasteiger partial charge on any atom is -0.457 e. The van der Waals surface area contributed by atoms with E-state index in [9.17, 15) is 29.3 Å². The maximum Gasteiger partial charge on any atom is 0.472 e. The number of carbonyl (C=O) groups excluding carboxylic acids is 2. The number of ether oxygens (including phenoxy) is 2. The summed E-state index contributed by atoms with van der Waals surface area (Å²) in [5.41, 5.74) is 0. The fourth-order valence-electron chi connectivity index (χ4n) is 4.88. The highest BCUT2D eigenvalue weighted by Gasteiger charge is 2.27. The molecule has 0 aliphatic carbocycles. The molecular formula is C38H69O10P. The number of aliphatic hydroxyl groups is 2. The van der Waals surface area contributed by atoms with Crippen molar-refractivity contribution in [2.24, 2.45) is 0 Å². The number of rotatable bonds is 35. The standard InChI is InChI=1S/C38H69O10P/c1-3-5-7-9-11-12-13-14-15-16-17-18-19-20-21-22-24-26-28-30-38(42)48-36(32-40)34-46-49(43,44)45-33-35(31-39)47-37(41)29-27-25-23-10-8-6-4-2/h11-12,14-15,17-18,35-36,39-40H,3-10,13,16,19-34H2,1-2H3,(H,43,44)/b12-11-,15-14-,18-17-. The molecule has 0 aliphatic rings. The molecule has 0 bridgehead atoms. The number of carbonyl (C=O) groups is 2. The van der Waals surface area contributed by atoms with E-state index in [1.54, 1.807) is 0 Å². The molecule has 0 radical (unpaired) electrons. The number of hydrogen-bond acceptors (Lipinski definition) is 9. The summed E-state index contributed by atoms with van der Waals surface area (Å²) in [5, 5.41) is 19.0. The van der Waals surface area contributed by atoms with Crippen LogP contribution in [0.5, 0.6) is 0 Å². The average Bonchev–Trinajstić information content (AvgIpc) is 3.09. The minimum atomic E-state index is -4.62. The minimum absolute atomic E-state index is 0.178. The molecule has 0 saturated heterocycles. The van der Waals surface area contributed by atoms with E-state index in [2.05, 4.69) is 50.3 Å². The van der Waals surface area contributed by atoms with Gasteiger partial charge in [-0.25, -0.2) is 4.57 Å². The molecule has 0 amide bonds. The first-order chi connectivity index (χ1) is 23.8. The third-order valence-corrected chi connectivity index (χ3v) is 8.81. The van der Waals surface area contributed by atoms with Gasteiger partial charge in [-0.3, -0.25) is 18.6 Å². The van der Waals surface area contributed by atoms with E-state index < -0.39 is 58.4 Å². The Morgan fingerprint density at radius 3 is 1.33 bits per heavy atom. The summed E-state index contributed by atoms with van der Waals surface area (Å²) >= 11 is 0. The molecule has 3 unspecified atom stereocenters. The van der Waals surface area contributed by atoms with E-state index in [0.717, 1.165) is 70.6 Å². The largest absolute Gasteiger partial charge is 0.472 e. The monoisotopic (exact) mass is 716 g/mol. The quantitative estimate of drug-likeness (QED) is 0.0251. The molecular weight excluding hydrogens is 647 g/mol. The first-order valence-electron chi connectivity index (χ1n) is 18.9. The lowest BCUT2D eigenvalue weighted by atomic mass is 10.1. The first kappa shape index (κ1) is 47.2. The van der Waals surface area contributed by atoms with Gasteiger partial charge in [0.05, 0.1) is 26.4 Å². The van der Waals surface area contributed by atoms with Crippen LogP contribution in [0.1, 0.15) is 155 Å². The van der Waals surface area contributed by atoms with Gasteiger partial charge in [0.25, 0.3) is 0 Å². The van der Waals surface area contributed by atoms with Gasteiger partial charge in [0.2, 0.25) is 0 Å². The van der Waals surface area contributed by atoms with Crippen LogP contribution in [0.4, 0.5) is 0 Å². The number of phosphoric ester groups is 1. The van der Waals surface area contributed by atoms with Crippen molar-refractivity contribution >= 4 is 19.8 Å². The molecule has 0 aliphatic heterocycles. The van der Waals surface area contributed by atoms with Crippen LogP contribution in [0.25, 0.3) is 0 Å². The number of esters is 2. The maximum absolute atomic E-state index is 12.3. The molecule has 0 saturated carbocycles. The molecule has 3 N–H and O–H groups in total. The highest BCUT2D eigenvalue weighted by atomic mass is 31.2. The number of phosphoric acid groups is 1. The summed E-state index contributed by atoms with van der Waals surface area (Å²) in [6.45, 7) is 2.09. The van der Waals surface area contributed by atoms with Gasteiger partial charge < -0.3 is 24.6 Å². The third-order valence-electron chi connectivity index (χ3n) is 7.86. The van der Waals surface area contributed by atoms with Crippen molar-refractivity contribution in [1.82, 2.24) is 0 Å². The summed E-state index contributed by atoms with van der Waals surface area (Å²) in [5.74, 6) is -1.04. The summed E-state index contributed by atoms with van der Waals surface area (Å²) < 4.78 is 32.3. The van der Waals surface area contributed by atoms with E-state index in [1.165, 1.54) is 44.9 Å². The summed E-state index contributed by atoms with van der Waals surface area (Å²) in [6, 6.07) is 0. The Morgan fingerprint density at radius 2 is 0.898 bits per heavy atom. The Labute approximate surface area is 297 Å². The van der Waals surface area contributed by atoms with Gasteiger partial charge in [0.15, 0.2) is 0 Å². The van der Waals surface area contributed by atoms with Crippen LogP contribution in [-0.4, -0.2) is 65.7 Å². The molecule has 0 aromatic heterocycles. The number of hydrogen-bond donors (Lipinski definition) is 3. The molecule has 49 heavy (non-hydrogen) atoms. The lowest BCUT2D eigenvalue weighted by Gasteiger charge is -2.20. The van der Waals surface area contributed by atoms with Gasteiger partial charge in [-0.2, -0.15) is 0 Å². The van der Waals surface area contributed by atoms with Crippen molar-refractivity contribution in [2.45, 2.75) is 167 Å². The SMILES string of the molecule is CCCCC/C=C\C/C=C\C/C=C\CCCCCCCCC(=O)OC(CO)COP(=O)(O)OCC(CO)OC(=O)CCCCCCCCC. The first-order valence-corrected chi connectivity index (χ1v) is 20.4. The Kier molecular flexibility index (Phi) is 33.4. The normalized spacial score (nSPS) is 14.5. The Bertz CT molecular complexity index is 920. The second kappa shape index (κ2) is 34.6. The van der Waals surface area contributed by atoms with E-state index in [-0.39, 0.29) is 12.8 Å². The molecule has 286 valence electrons. The van der Waals surface area contributed by atoms with Gasteiger partial charge in [0, 0.05) is 12.8 Å². The Balaban J connectivity index is 3.96. The van der Waals surface area contributed by atoms with Gasteiger partial charge in [-0.05, 0) is 51.4 Å². The fraction of sp³-hybridized carbons (Fsp3) is 0.789. The molecule has 3 atom stereocenters. The number of aliphatic hydroxyl groups excluding tert-OH is 2. The van der Waals surface area contributed by atoms with Crippen molar-refractivity contribution in [3.63, 3.8) is 0 Å². The fourth-order valence-corrected chi connectivity index (χ4v) is 5.67. The van der Waals surface area contributed by atoms with Gasteiger partial charge in [0.1, 0.15) is 12.2 Å². The summed E-state index contributed by atoms with van der Waals surface area (Å²) in [4.78, 5) is 34.2. The molecule has 0 fully saturated rings. The van der Waals surface area contributed by atoms with Crippen molar-refractivity contribution in [3.8, 4) is 0 Å². The second-order valence-electron chi connectivity index (χ2n) is 12.6. The predicted octanol–water partition coefficient (Wildman–Crippen LogP) is 9.22. The molecule has 11 heteroatoms. The van der Waals surface area contributed by atoms with E-state index >= 15 is 0 Å². The third kappa shape index (κ3) is 33.1. The number of unbranched alkanes of at least 4 members (excludes halogenated alkanes) is 15. The van der Waals surface area contributed by atoms with E-state index in [4.69, 9.17) is 18.5 Å². The lowest BCUT2D eigenvalue weighted by Crippen LogP contribution is -2.28. The lowest BCUT2D eigenvalue weighted by molar-refractivity contribution is -0.153. The molecule has 0 aromatic carbocycles. The van der Waals surface area contributed by atoms with Crippen LogP contribution < -0.4 is 0 Å². The maximum atomic E-state index is 12.3. The van der Waals surface area contributed by atoms with Crippen LogP contribution in [0.15, 0.2) is 36.5 Å². The van der Waals surface area contributed by atoms with Crippen LogP contribution in [-0.2, 0) is 32.7 Å². The van der Waals surface area contributed by atoms with Gasteiger partial charge in [-0.15, -0.1) is 0 Å². The summed E-state index contributed by atoms with van der Waals surface area (Å²) in [6.07, 6.45) is 32.9. The van der Waals surface area contributed by atoms with E-state index in [0.29, 0.717) is 12.8 Å². The van der Waals surface area contributed by atoms with Crippen LogP contribution in [0.2, 0.25) is 0 Å². The topological polar surface area (TPSA) is 149 Å².